The van der Waals surface area contributed by atoms with Crippen molar-refractivity contribution in [3.8, 4) is 51.0 Å². The molecule has 0 saturated carbocycles. The number of hydrogen-bond donors (Lipinski definition) is 0. The van der Waals surface area contributed by atoms with Crippen LogP contribution in [-0.2, 0) is 0 Å². The standard InChI is InChI=1S/C45H28N4S/c1-3-12-29(13-4-1)30-22-24-32(25-23-30)44-46-43(31-14-5-2-6-15-31)47-45(48-44)33-26-27-41-37(28-33)36-18-11-21-40(42(36)50-41)49-38-19-9-7-16-34(38)35-17-8-10-20-39(35)49/h1-28H. The smallest absolute Gasteiger partial charge is 0.164 e. The Labute approximate surface area is 292 Å². The summed E-state index contributed by atoms with van der Waals surface area (Å²) in [5, 5.41) is 4.94. The first-order chi connectivity index (χ1) is 24.8. The normalized spacial score (nSPS) is 11.6. The highest BCUT2D eigenvalue weighted by Gasteiger charge is 2.18. The van der Waals surface area contributed by atoms with E-state index in [0.717, 1.165) is 22.3 Å². The van der Waals surface area contributed by atoms with Crippen LogP contribution in [0, 0.1) is 0 Å². The van der Waals surface area contributed by atoms with Gasteiger partial charge in [-0.2, -0.15) is 0 Å². The van der Waals surface area contributed by atoms with E-state index in [4.69, 9.17) is 15.0 Å². The number of nitrogens with zero attached hydrogens (tertiary/aromatic N) is 4. The second-order valence-corrected chi connectivity index (χ2v) is 13.5. The third-order valence-corrected chi connectivity index (χ3v) is 10.7. The lowest BCUT2D eigenvalue weighted by atomic mass is 10.0. The molecule has 3 aromatic heterocycles. The van der Waals surface area contributed by atoms with Crippen LogP contribution in [0.15, 0.2) is 170 Å². The molecule has 3 heterocycles. The van der Waals surface area contributed by atoms with E-state index in [-0.39, 0.29) is 0 Å². The lowest BCUT2D eigenvalue weighted by molar-refractivity contribution is 1.07. The number of para-hydroxylation sites is 2. The van der Waals surface area contributed by atoms with Gasteiger partial charge < -0.3 is 4.57 Å². The summed E-state index contributed by atoms with van der Waals surface area (Å²) in [6.07, 6.45) is 0. The number of aromatic nitrogens is 4. The van der Waals surface area contributed by atoms with Crippen LogP contribution in [-0.4, -0.2) is 19.5 Å². The van der Waals surface area contributed by atoms with Gasteiger partial charge in [-0.05, 0) is 47.5 Å². The van der Waals surface area contributed by atoms with E-state index in [2.05, 4.69) is 138 Å². The molecule has 0 N–H and O–H groups in total. The number of fused-ring (bicyclic) bond motifs is 6. The predicted molar refractivity (Wildman–Crippen MR) is 209 cm³/mol. The maximum absolute atomic E-state index is 5.08. The molecule has 0 fully saturated rings. The molecule has 10 aromatic rings. The Kier molecular flexibility index (Phi) is 6.64. The zero-order valence-corrected chi connectivity index (χ0v) is 27.7. The highest BCUT2D eigenvalue weighted by Crippen LogP contribution is 2.42. The minimum absolute atomic E-state index is 0.650. The molecular formula is C45H28N4S. The Bertz CT molecular complexity index is 2800. The summed E-state index contributed by atoms with van der Waals surface area (Å²) in [5.41, 5.74) is 8.81. The van der Waals surface area contributed by atoms with Crippen molar-refractivity contribution in [1.29, 1.82) is 0 Å². The molecule has 5 heteroatoms. The molecule has 4 nitrogen and oxygen atoms in total. The van der Waals surface area contributed by atoms with E-state index >= 15 is 0 Å². The number of rotatable bonds is 5. The van der Waals surface area contributed by atoms with Gasteiger partial charge in [0.25, 0.3) is 0 Å². The van der Waals surface area contributed by atoms with Gasteiger partial charge in [0.05, 0.1) is 21.4 Å². The summed E-state index contributed by atoms with van der Waals surface area (Å²) in [6, 6.07) is 59.6. The van der Waals surface area contributed by atoms with E-state index in [1.807, 2.05) is 47.7 Å². The average molecular weight is 657 g/mol. The molecule has 7 aromatic carbocycles. The first-order valence-electron chi connectivity index (χ1n) is 16.7. The van der Waals surface area contributed by atoms with Crippen LogP contribution in [0.2, 0.25) is 0 Å². The van der Waals surface area contributed by atoms with Gasteiger partial charge in [-0.15, -0.1) is 11.3 Å². The molecule has 50 heavy (non-hydrogen) atoms. The predicted octanol–water partition coefficient (Wildman–Crippen LogP) is 12.0. The molecule has 0 saturated heterocycles. The molecule has 234 valence electrons. The first-order valence-corrected chi connectivity index (χ1v) is 17.5. The number of benzene rings is 7. The maximum atomic E-state index is 5.08. The second kappa shape index (κ2) is 11.6. The number of thiophene rings is 1. The Morgan fingerprint density at radius 3 is 1.50 bits per heavy atom. The first kappa shape index (κ1) is 28.6. The molecule has 0 aliphatic heterocycles. The lowest BCUT2D eigenvalue weighted by Gasteiger charge is -2.10. The monoisotopic (exact) mass is 656 g/mol. The molecule has 10 rings (SSSR count). The van der Waals surface area contributed by atoms with Gasteiger partial charge in [-0.25, -0.2) is 15.0 Å². The molecule has 0 amide bonds. The van der Waals surface area contributed by atoms with E-state index in [9.17, 15) is 0 Å². The zero-order chi connectivity index (χ0) is 33.0. The number of hydrogen-bond acceptors (Lipinski definition) is 4. The van der Waals surface area contributed by atoms with Crippen LogP contribution < -0.4 is 0 Å². The van der Waals surface area contributed by atoms with Crippen LogP contribution in [0.4, 0.5) is 0 Å². The molecule has 0 radical (unpaired) electrons. The van der Waals surface area contributed by atoms with Crippen molar-refractivity contribution in [2.45, 2.75) is 0 Å². The van der Waals surface area contributed by atoms with Gasteiger partial charge in [0.1, 0.15) is 0 Å². The van der Waals surface area contributed by atoms with Crippen molar-refractivity contribution in [3.63, 3.8) is 0 Å². The zero-order valence-electron chi connectivity index (χ0n) is 26.9. The molecule has 0 unspecified atom stereocenters. The Hall–Kier alpha value is -6.43. The third kappa shape index (κ3) is 4.71. The highest BCUT2D eigenvalue weighted by atomic mass is 32.1. The minimum atomic E-state index is 0.650. The molecule has 0 spiro atoms. The molecule has 0 aliphatic rings. The van der Waals surface area contributed by atoms with Crippen molar-refractivity contribution in [2.75, 3.05) is 0 Å². The SMILES string of the molecule is c1ccc(-c2ccc(-c3nc(-c4ccccc4)nc(-c4ccc5sc6c(-n7c8ccccc8c8ccccc87)cccc6c5c4)n3)cc2)cc1. The van der Waals surface area contributed by atoms with E-state index in [1.165, 1.54) is 53.2 Å². The van der Waals surface area contributed by atoms with Gasteiger partial charge in [0.2, 0.25) is 0 Å². The lowest BCUT2D eigenvalue weighted by Crippen LogP contribution is -2.00. The fourth-order valence-corrected chi connectivity index (χ4v) is 8.26. The Morgan fingerprint density at radius 1 is 0.360 bits per heavy atom. The van der Waals surface area contributed by atoms with E-state index in [1.54, 1.807) is 0 Å². The van der Waals surface area contributed by atoms with Crippen LogP contribution in [0.3, 0.4) is 0 Å². The molecule has 0 aliphatic carbocycles. The van der Waals surface area contributed by atoms with Gasteiger partial charge in [0, 0.05) is 42.9 Å². The largest absolute Gasteiger partial charge is 0.308 e. The minimum Gasteiger partial charge on any atom is -0.308 e. The quantitative estimate of drug-likeness (QED) is 0.185. The van der Waals surface area contributed by atoms with Gasteiger partial charge in [-0.3, -0.25) is 0 Å². The molecule has 0 atom stereocenters. The van der Waals surface area contributed by atoms with Crippen LogP contribution in [0.1, 0.15) is 0 Å². The Balaban J connectivity index is 1.13. The molecule has 0 bridgehead atoms. The van der Waals surface area contributed by atoms with Crippen molar-refractivity contribution < 1.29 is 0 Å². The highest BCUT2D eigenvalue weighted by molar-refractivity contribution is 7.26. The fourth-order valence-electron chi connectivity index (χ4n) is 7.07. The van der Waals surface area contributed by atoms with Crippen molar-refractivity contribution in [3.05, 3.63) is 170 Å². The average Bonchev–Trinajstić information content (AvgIpc) is 3.74. The van der Waals surface area contributed by atoms with Gasteiger partial charge in [-0.1, -0.05) is 133 Å². The van der Waals surface area contributed by atoms with E-state index in [0.29, 0.717) is 17.5 Å². The van der Waals surface area contributed by atoms with Gasteiger partial charge >= 0.3 is 0 Å². The summed E-state index contributed by atoms with van der Waals surface area (Å²) in [6.45, 7) is 0. The second-order valence-electron chi connectivity index (χ2n) is 12.5. The topological polar surface area (TPSA) is 43.6 Å². The fraction of sp³-hybridized carbons (Fsp3) is 0. The van der Waals surface area contributed by atoms with Crippen molar-refractivity contribution in [2.24, 2.45) is 0 Å². The van der Waals surface area contributed by atoms with Crippen molar-refractivity contribution in [1.82, 2.24) is 19.5 Å². The van der Waals surface area contributed by atoms with Crippen LogP contribution >= 0.6 is 11.3 Å². The van der Waals surface area contributed by atoms with Crippen LogP contribution in [0.5, 0.6) is 0 Å². The summed E-state index contributed by atoms with van der Waals surface area (Å²) < 4.78 is 4.90. The summed E-state index contributed by atoms with van der Waals surface area (Å²) in [5.74, 6) is 1.96. The maximum Gasteiger partial charge on any atom is 0.164 e. The Morgan fingerprint density at radius 2 is 0.840 bits per heavy atom. The summed E-state index contributed by atoms with van der Waals surface area (Å²) in [4.78, 5) is 15.1. The van der Waals surface area contributed by atoms with Crippen molar-refractivity contribution >= 4 is 53.3 Å². The summed E-state index contributed by atoms with van der Waals surface area (Å²) in [7, 11) is 0. The van der Waals surface area contributed by atoms with E-state index < -0.39 is 0 Å². The summed E-state index contributed by atoms with van der Waals surface area (Å²) >= 11 is 1.83. The van der Waals surface area contributed by atoms with Gasteiger partial charge in [0.15, 0.2) is 17.5 Å². The van der Waals surface area contributed by atoms with Crippen LogP contribution in [0.25, 0.3) is 93.0 Å². The molecular weight excluding hydrogens is 629 g/mol. The third-order valence-electron chi connectivity index (χ3n) is 9.47.